The number of furan rings is 1. The number of nitrogens with zero attached hydrogens (tertiary/aromatic N) is 2. The van der Waals surface area contributed by atoms with Crippen molar-refractivity contribution in [3.63, 3.8) is 0 Å². The lowest BCUT2D eigenvalue weighted by Crippen LogP contribution is -2.44. The molecule has 2 aromatic heterocycles. The van der Waals surface area contributed by atoms with Crippen molar-refractivity contribution >= 4 is 16.9 Å². The fraction of sp³-hybridized carbons (Fsp3) is 0.368. The largest absolute Gasteiger partial charge is 0.464 e. The molecule has 1 amide bonds. The molecule has 130 valence electrons. The molecular formula is C19H21N3O3. The van der Waals surface area contributed by atoms with E-state index in [1.807, 2.05) is 36.9 Å². The maximum Gasteiger partial charge on any atom is 0.227 e. The molecule has 0 radical (unpaired) electrons. The number of fused-ring (bicyclic) bond motifs is 1. The predicted octanol–water partition coefficient (Wildman–Crippen LogP) is 2.92. The Balaban J connectivity index is 1.59. The van der Waals surface area contributed by atoms with Gasteiger partial charge in [-0.1, -0.05) is 12.1 Å². The van der Waals surface area contributed by atoms with Crippen molar-refractivity contribution in [2.24, 2.45) is 0 Å². The molecule has 1 aromatic carbocycles. The minimum absolute atomic E-state index is 0.0746. The van der Waals surface area contributed by atoms with Crippen molar-refractivity contribution in [3.05, 3.63) is 53.0 Å². The van der Waals surface area contributed by atoms with Crippen LogP contribution in [0.15, 0.2) is 35.1 Å². The molecule has 0 saturated carbocycles. The maximum absolute atomic E-state index is 13.0. The zero-order valence-electron chi connectivity index (χ0n) is 14.4. The second kappa shape index (κ2) is 6.37. The standard InChI is InChI=1S/C19H21N3O3/c1-12-3-4-15-14(10-25-17(15)7-12)8-18(23)22-5-6-24-11-16(22)19-13(2)9-20-21-19/h3-4,7,9-10,16H,5-6,8,11H2,1-2H3,(H,20,21). The Morgan fingerprint density at radius 2 is 2.28 bits per heavy atom. The Labute approximate surface area is 145 Å². The minimum atomic E-state index is -0.121. The average Bonchev–Trinajstić information content (AvgIpc) is 3.21. The number of hydrogen-bond donors (Lipinski definition) is 1. The number of H-pyrrole nitrogens is 1. The number of ether oxygens (including phenoxy) is 1. The summed E-state index contributed by atoms with van der Waals surface area (Å²) >= 11 is 0. The lowest BCUT2D eigenvalue weighted by Gasteiger charge is -2.35. The molecule has 3 aromatic rings. The van der Waals surface area contributed by atoms with E-state index in [0.29, 0.717) is 26.2 Å². The lowest BCUT2D eigenvalue weighted by molar-refractivity contribution is -0.139. The third-order valence-corrected chi connectivity index (χ3v) is 4.80. The molecule has 1 N–H and O–H groups in total. The van der Waals surface area contributed by atoms with Crippen LogP contribution < -0.4 is 0 Å². The number of hydrogen-bond acceptors (Lipinski definition) is 4. The summed E-state index contributed by atoms with van der Waals surface area (Å²) in [4.78, 5) is 14.9. The van der Waals surface area contributed by atoms with Gasteiger partial charge in [-0.05, 0) is 31.0 Å². The second-order valence-electron chi connectivity index (χ2n) is 6.58. The summed E-state index contributed by atoms with van der Waals surface area (Å²) in [5.41, 5.74) is 4.87. The topological polar surface area (TPSA) is 71.4 Å². The summed E-state index contributed by atoms with van der Waals surface area (Å²) in [7, 11) is 0. The number of nitrogens with one attached hydrogen (secondary N) is 1. The Kier molecular flexibility index (Phi) is 4.05. The van der Waals surface area contributed by atoms with Gasteiger partial charge in [-0.15, -0.1) is 0 Å². The fourth-order valence-electron chi connectivity index (χ4n) is 3.43. The van der Waals surface area contributed by atoms with E-state index in [-0.39, 0.29) is 11.9 Å². The number of carbonyl (C=O) groups is 1. The summed E-state index contributed by atoms with van der Waals surface area (Å²) < 4.78 is 11.2. The van der Waals surface area contributed by atoms with E-state index in [2.05, 4.69) is 10.2 Å². The number of aromatic amines is 1. The molecule has 1 unspecified atom stereocenters. The highest BCUT2D eigenvalue weighted by atomic mass is 16.5. The molecule has 3 heterocycles. The van der Waals surface area contributed by atoms with Gasteiger partial charge in [-0.2, -0.15) is 5.10 Å². The average molecular weight is 339 g/mol. The van der Waals surface area contributed by atoms with Crippen LogP contribution in [0.4, 0.5) is 0 Å². The molecule has 25 heavy (non-hydrogen) atoms. The van der Waals surface area contributed by atoms with Crippen molar-refractivity contribution < 1.29 is 13.9 Å². The Morgan fingerprint density at radius 1 is 1.40 bits per heavy atom. The zero-order valence-corrected chi connectivity index (χ0v) is 14.4. The quantitative estimate of drug-likeness (QED) is 0.796. The van der Waals surface area contributed by atoms with Crippen LogP contribution in [0.3, 0.4) is 0 Å². The number of carbonyl (C=O) groups excluding carboxylic acids is 1. The van der Waals surface area contributed by atoms with Crippen LogP contribution in [0.2, 0.25) is 0 Å². The number of morpholine rings is 1. The van der Waals surface area contributed by atoms with E-state index in [1.54, 1.807) is 12.5 Å². The Hall–Kier alpha value is -2.60. The number of aromatic nitrogens is 2. The van der Waals surface area contributed by atoms with Gasteiger partial charge in [0.2, 0.25) is 5.91 Å². The molecule has 1 saturated heterocycles. The van der Waals surface area contributed by atoms with Crippen LogP contribution in [0.5, 0.6) is 0 Å². The normalized spacial score (nSPS) is 18.0. The summed E-state index contributed by atoms with van der Waals surface area (Å²) in [5, 5.41) is 8.10. The molecule has 1 aliphatic heterocycles. The molecule has 1 fully saturated rings. The maximum atomic E-state index is 13.0. The van der Waals surface area contributed by atoms with Gasteiger partial charge in [0.05, 0.1) is 43.8 Å². The molecule has 0 spiro atoms. The smallest absolute Gasteiger partial charge is 0.227 e. The SMILES string of the molecule is Cc1ccc2c(CC(=O)N3CCOCC3c3[nH]ncc3C)coc2c1. The minimum Gasteiger partial charge on any atom is -0.464 e. The fourth-order valence-corrected chi connectivity index (χ4v) is 3.43. The third-order valence-electron chi connectivity index (χ3n) is 4.80. The summed E-state index contributed by atoms with van der Waals surface area (Å²) in [6, 6.07) is 5.93. The van der Waals surface area contributed by atoms with Crippen molar-refractivity contribution in [2.75, 3.05) is 19.8 Å². The van der Waals surface area contributed by atoms with E-state index in [4.69, 9.17) is 9.15 Å². The highest BCUT2D eigenvalue weighted by Crippen LogP contribution is 2.28. The van der Waals surface area contributed by atoms with E-state index in [9.17, 15) is 4.79 Å². The monoisotopic (exact) mass is 339 g/mol. The number of rotatable bonds is 3. The van der Waals surface area contributed by atoms with Crippen molar-refractivity contribution in [1.82, 2.24) is 15.1 Å². The first-order valence-electron chi connectivity index (χ1n) is 8.47. The second-order valence-corrected chi connectivity index (χ2v) is 6.58. The summed E-state index contributed by atoms with van der Waals surface area (Å²) in [6.45, 7) is 5.64. The first-order chi connectivity index (χ1) is 12.1. The van der Waals surface area contributed by atoms with Gasteiger partial charge < -0.3 is 14.1 Å². The van der Waals surface area contributed by atoms with Gasteiger partial charge in [0.1, 0.15) is 5.58 Å². The lowest BCUT2D eigenvalue weighted by atomic mass is 10.0. The molecule has 1 aliphatic rings. The van der Waals surface area contributed by atoms with Crippen LogP contribution in [0, 0.1) is 13.8 Å². The zero-order chi connectivity index (χ0) is 17.4. The van der Waals surface area contributed by atoms with Crippen molar-refractivity contribution in [3.8, 4) is 0 Å². The van der Waals surface area contributed by atoms with Crippen molar-refractivity contribution in [1.29, 1.82) is 0 Å². The first-order valence-corrected chi connectivity index (χ1v) is 8.47. The number of benzene rings is 1. The number of aryl methyl sites for hydroxylation is 2. The molecule has 0 aliphatic carbocycles. The first kappa shape index (κ1) is 15.9. The Bertz CT molecular complexity index is 912. The van der Waals surface area contributed by atoms with Crippen LogP contribution in [-0.2, 0) is 16.0 Å². The van der Waals surface area contributed by atoms with Crippen LogP contribution in [0.25, 0.3) is 11.0 Å². The van der Waals surface area contributed by atoms with E-state index >= 15 is 0 Å². The number of amides is 1. The molecule has 4 rings (SSSR count). The van der Waals surface area contributed by atoms with Gasteiger partial charge in [0.25, 0.3) is 0 Å². The molecule has 6 heteroatoms. The Morgan fingerprint density at radius 3 is 3.08 bits per heavy atom. The van der Waals surface area contributed by atoms with Crippen LogP contribution >= 0.6 is 0 Å². The molecular weight excluding hydrogens is 318 g/mol. The third kappa shape index (κ3) is 2.93. The van der Waals surface area contributed by atoms with Gasteiger partial charge in [0.15, 0.2) is 0 Å². The van der Waals surface area contributed by atoms with E-state index in [1.165, 1.54) is 0 Å². The summed E-state index contributed by atoms with van der Waals surface area (Å²) in [5.74, 6) is 0.0746. The molecule has 6 nitrogen and oxygen atoms in total. The van der Waals surface area contributed by atoms with Gasteiger partial charge in [0, 0.05) is 17.5 Å². The van der Waals surface area contributed by atoms with Crippen LogP contribution in [-0.4, -0.2) is 40.8 Å². The highest BCUT2D eigenvalue weighted by Gasteiger charge is 2.31. The van der Waals surface area contributed by atoms with E-state index in [0.717, 1.165) is 33.4 Å². The molecule has 0 bridgehead atoms. The highest BCUT2D eigenvalue weighted by molar-refractivity contribution is 5.88. The summed E-state index contributed by atoms with van der Waals surface area (Å²) in [6.07, 6.45) is 3.79. The van der Waals surface area contributed by atoms with E-state index < -0.39 is 0 Å². The van der Waals surface area contributed by atoms with Gasteiger partial charge in [-0.25, -0.2) is 0 Å². The van der Waals surface area contributed by atoms with Crippen LogP contribution in [0.1, 0.15) is 28.4 Å². The van der Waals surface area contributed by atoms with Crippen molar-refractivity contribution in [2.45, 2.75) is 26.3 Å². The van der Waals surface area contributed by atoms with Gasteiger partial charge >= 0.3 is 0 Å². The predicted molar refractivity (Wildman–Crippen MR) is 93.3 cm³/mol. The van der Waals surface area contributed by atoms with Gasteiger partial charge in [-0.3, -0.25) is 9.89 Å². The molecule has 1 atom stereocenters.